The summed E-state index contributed by atoms with van der Waals surface area (Å²) in [5, 5.41) is 0. The van der Waals surface area contributed by atoms with Gasteiger partial charge in [0.25, 0.3) is 0 Å². The molecule has 4 saturated heterocycles. The Balaban J connectivity index is 0.000000131. The summed E-state index contributed by atoms with van der Waals surface area (Å²) in [6, 6.07) is 0. The second-order valence-electron chi connectivity index (χ2n) is 16.0. The molecule has 4 heterocycles. The van der Waals surface area contributed by atoms with Crippen LogP contribution in [-0.2, 0) is 37.9 Å². The van der Waals surface area contributed by atoms with Crippen LogP contribution in [-0.4, -0.2) is 103 Å². The second-order valence-corrected chi connectivity index (χ2v) is 16.0. The smallest absolute Gasteiger partial charge is 0.104 e. The van der Waals surface area contributed by atoms with Crippen molar-refractivity contribution < 1.29 is 37.9 Å². The Morgan fingerprint density at radius 3 is 1.41 bits per heavy atom. The molecule has 8 nitrogen and oxygen atoms in total. The van der Waals surface area contributed by atoms with Crippen molar-refractivity contribution in [1.29, 1.82) is 0 Å². The second kappa shape index (κ2) is 14.4. The van der Waals surface area contributed by atoms with E-state index >= 15 is 0 Å². The quantitative estimate of drug-likeness (QED) is 0.236. The fourth-order valence-corrected chi connectivity index (χ4v) is 9.97. The Hall–Kier alpha value is -0.320. The molecule has 5 saturated carbocycles. The van der Waals surface area contributed by atoms with E-state index in [-0.39, 0.29) is 0 Å². The molecule has 9 aliphatic rings. The molecule has 0 aromatic heterocycles. The first-order chi connectivity index (χ1) is 21.7. The summed E-state index contributed by atoms with van der Waals surface area (Å²) >= 11 is 0. The fraction of sp³-hybridized carbons (Fsp3) is 1.00. The highest BCUT2D eigenvalue weighted by atomic mass is 16.6. The lowest BCUT2D eigenvalue weighted by molar-refractivity contribution is -0.0162. The molecule has 250 valence electrons. The van der Waals surface area contributed by atoms with Crippen LogP contribution in [0.3, 0.4) is 0 Å². The Bertz CT molecular complexity index is 853. The fourth-order valence-electron chi connectivity index (χ4n) is 9.97. The molecular weight excluding hydrogens is 560 g/mol. The van der Waals surface area contributed by atoms with Gasteiger partial charge in [0.15, 0.2) is 0 Å². The van der Waals surface area contributed by atoms with E-state index in [9.17, 15) is 0 Å². The average Bonchev–Trinajstić information content (AvgIpc) is 3.84. The highest BCUT2D eigenvalue weighted by Crippen LogP contribution is 2.62. The van der Waals surface area contributed by atoms with E-state index in [2.05, 4.69) is 0 Å². The molecule has 10 atom stereocenters. The summed E-state index contributed by atoms with van der Waals surface area (Å²) in [6.45, 7) is 8.87. The molecule has 44 heavy (non-hydrogen) atoms. The molecule has 0 aromatic carbocycles. The predicted molar refractivity (Wildman–Crippen MR) is 163 cm³/mol. The third kappa shape index (κ3) is 8.58. The summed E-state index contributed by atoms with van der Waals surface area (Å²) in [5.74, 6) is 7.39. The lowest BCUT2D eigenvalue weighted by atomic mass is 9.72. The molecule has 0 aromatic rings. The minimum Gasteiger partial charge on any atom is -0.378 e. The topological polar surface area (TPSA) is 87.0 Å². The average molecular weight is 619 g/mol. The molecule has 2 bridgehead atoms. The number of epoxide rings is 4. The number of ether oxygens (including phenoxy) is 8. The summed E-state index contributed by atoms with van der Waals surface area (Å²) in [5.41, 5.74) is 0. The third-order valence-electron chi connectivity index (χ3n) is 12.7. The van der Waals surface area contributed by atoms with E-state index in [0.29, 0.717) is 36.6 Å². The summed E-state index contributed by atoms with van der Waals surface area (Å²) in [6.07, 6.45) is 18.8. The molecular formula is C36H58O8. The van der Waals surface area contributed by atoms with Crippen molar-refractivity contribution in [2.45, 2.75) is 114 Å². The lowest BCUT2D eigenvalue weighted by Crippen LogP contribution is -2.31. The summed E-state index contributed by atoms with van der Waals surface area (Å²) in [7, 11) is 0. The molecule has 5 aliphatic carbocycles. The Labute approximate surface area is 264 Å². The van der Waals surface area contributed by atoms with Crippen LogP contribution in [0.2, 0.25) is 0 Å². The van der Waals surface area contributed by atoms with Crippen LogP contribution in [0.1, 0.15) is 77.0 Å². The molecule has 0 N–H and O–H groups in total. The van der Waals surface area contributed by atoms with E-state index in [4.69, 9.17) is 37.9 Å². The van der Waals surface area contributed by atoms with Crippen LogP contribution in [0.25, 0.3) is 0 Å². The van der Waals surface area contributed by atoms with Gasteiger partial charge in [-0.05, 0) is 124 Å². The van der Waals surface area contributed by atoms with Gasteiger partial charge in [-0.1, -0.05) is 0 Å². The molecule has 0 radical (unpaired) electrons. The summed E-state index contributed by atoms with van der Waals surface area (Å²) < 4.78 is 44.6. The van der Waals surface area contributed by atoms with E-state index in [0.717, 1.165) is 113 Å². The van der Waals surface area contributed by atoms with E-state index in [1.165, 1.54) is 77.0 Å². The van der Waals surface area contributed by atoms with Gasteiger partial charge in [-0.15, -0.1) is 0 Å². The van der Waals surface area contributed by atoms with Gasteiger partial charge in [-0.25, -0.2) is 0 Å². The normalized spacial score (nSPS) is 48.0. The third-order valence-corrected chi connectivity index (χ3v) is 12.7. The van der Waals surface area contributed by atoms with Crippen LogP contribution in [0.5, 0.6) is 0 Å². The maximum atomic E-state index is 5.96. The van der Waals surface area contributed by atoms with Crippen molar-refractivity contribution in [3.05, 3.63) is 0 Å². The largest absolute Gasteiger partial charge is 0.378 e. The lowest BCUT2D eigenvalue weighted by Gasteiger charge is -2.37. The van der Waals surface area contributed by atoms with Crippen LogP contribution in [0.4, 0.5) is 0 Å². The number of hydrogen-bond donors (Lipinski definition) is 0. The monoisotopic (exact) mass is 618 g/mol. The van der Waals surface area contributed by atoms with Gasteiger partial charge >= 0.3 is 0 Å². The van der Waals surface area contributed by atoms with Crippen molar-refractivity contribution in [3.63, 3.8) is 0 Å². The number of fused-ring (bicyclic) bond motifs is 5. The van der Waals surface area contributed by atoms with Crippen LogP contribution >= 0.6 is 0 Å². The standard InChI is InChI=1S/C18H28O4.C18H30O4/c1-11(5-19-7-14-9-21-14)2-18-16(1)12-3-13(17(18)4-12)6-20-8-15-10-22-15;1-5-15(19-9-17-11-21-17)6-2-13(1)14-3-7-16(8-4-14)20-10-18-12-22-18/h11-18H,1-10H2;13-18H,1-12H2. The van der Waals surface area contributed by atoms with Crippen molar-refractivity contribution >= 4 is 0 Å². The molecule has 9 rings (SSSR count). The highest BCUT2D eigenvalue weighted by molar-refractivity contribution is 5.04. The Morgan fingerprint density at radius 2 is 0.886 bits per heavy atom. The van der Waals surface area contributed by atoms with Gasteiger partial charge in [0, 0.05) is 13.2 Å². The Kier molecular flexibility index (Phi) is 10.2. The Morgan fingerprint density at radius 1 is 0.409 bits per heavy atom. The van der Waals surface area contributed by atoms with Crippen molar-refractivity contribution in [2.24, 2.45) is 47.3 Å². The van der Waals surface area contributed by atoms with Crippen molar-refractivity contribution in [2.75, 3.05) is 66.1 Å². The molecule has 9 fully saturated rings. The number of hydrogen-bond acceptors (Lipinski definition) is 8. The van der Waals surface area contributed by atoms with Gasteiger partial charge in [-0.3, -0.25) is 0 Å². The molecule has 8 heteroatoms. The first-order valence-electron chi connectivity index (χ1n) is 18.6. The highest BCUT2D eigenvalue weighted by Gasteiger charge is 2.55. The minimum atomic E-state index is 0.411. The van der Waals surface area contributed by atoms with Gasteiger partial charge in [0.2, 0.25) is 0 Å². The molecule has 10 unspecified atom stereocenters. The van der Waals surface area contributed by atoms with E-state index in [1.807, 2.05) is 0 Å². The van der Waals surface area contributed by atoms with Gasteiger partial charge in [0.1, 0.15) is 24.4 Å². The zero-order valence-corrected chi connectivity index (χ0v) is 26.9. The molecule has 4 aliphatic heterocycles. The molecule has 0 spiro atoms. The van der Waals surface area contributed by atoms with Crippen LogP contribution in [0, 0.1) is 47.3 Å². The van der Waals surface area contributed by atoms with Gasteiger partial charge in [0.05, 0.1) is 65.1 Å². The van der Waals surface area contributed by atoms with Crippen LogP contribution in [0.15, 0.2) is 0 Å². The van der Waals surface area contributed by atoms with Crippen molar-refractivity contribution in [3.8, 4) is 0 Å². The van der Waals surface area contributed by atoms with Gasteiger partial charge < -0.3 is 37.9 Å². The maximum Gasteiger partial charge on any atom is 0.104 e. The number of rotatable bonds is 15. The SMILES string of the molecule is C(OCC1CO1)C1CC2C3CC(COCC4CO4)C(C3)C2C1.C1CC(C2CCC(OCC3CO3)CC2)CCC1OCC1CO1. The first kappa shape index (κ1) is 31.0. The molecule has 0 amide bonds. The zero-order chi connectivity index (χ0) is 29.3. The first-order valence-corrected chi connectivity index (χ1v) is 18.6. The van der Waals surface area contributed by atoms with E-state index < -0.39 is 0 Å². The van der Waals surface area contributed by atoms with Crippen LogP contribution < -0.4 is 0 Å². The zero-order valence-electron chi connectivity index (χ0n) is 26.9. The summed E-state index contributed by atoms with van der Waals surface area (Å²) in [4.78, 5) is 0. The van der Waals surface area contributed by atoms with Crippen molar-refractivity contribution in [1.82, 2.24) is 0 Å². The predicted octanol–water partition coefficient (Wildman–Crippen LogP) is 5.05. The van der Waals surface area contributed by atoms with E-state index in [1.54, 1.807) is 0 Å². The maximum absolute atomic E-state index is 5.96. The van der Waals surface area contributed by atoms with Gasteiger partial charge in [-0.2, -0.15) is 0 Å². The minimum absolute atomic E-state index is 0.411.